The number of hydrogen-bond donors (Lipinski definition) is 6. The summed E-state index contributed by atoms with van der Waals surface area (Å²) in [7, 11) is 1.57. The maximum absolute atomic E-state index is 13.8. The van der Waals surface area contributed by atoms with Crippen LogP contribution in [-0.4, -0.2) is 87.9 Å². The minimum atomic E-state index is -1.03. The zero-order chi connectivity index (χ0) is 55.5. The molecule has 0 bridgehead atoms. The maximum Gasteiger partial charge on any atom is 0.252 e. The number of allylic oxidation sites excluding steroid dienone is 5. The van der Waals surface area contributed by atoms with Crippen LogP contribution < -0.4 is 32.3 Å². The van der Waals surface area contributed by atoms with Crippen molar-refractivity contribution in [2.75, 3.05) is 38.6 Å². The second-order valence-corrected chi connectivity index (χ2v) is 19.8. The predicted molar refractivity (Wildman–Crippen MR) is 303 cm³/mol. The molecule has 0 saturated carbocycles. The predicted octanol–water partition coefficient (Wildman–Crippen LogP) is 10.5. The second-order valence-electron chi connectivity index (χ2n) is 19.8. The molecule has 7 N–H and O–H groups in total. The molecule has 2 aliphatic heterocycles. The van der Waals surface area contributed by atoms with Crippen molar-refractivity contribution in [3.8, 4) is 5.82 Å². The number of carbonyl (C=O) groups excluding carboxylic acids is 4. The molecule has 4 heterocycles. The van der Waals surface area contributed by atoms with Crippen LogP contribution in [0, 0.1) is 5.82 Å². The molecule has 416 valence electrons. The van der Waals surface area contributed by atoms with Crippen molar-refractivity contribution in [3.63, 3.8) is 0 Å². The number of ether oxygens (including phenoxy) is 1. The number of halogens is 1. The fourth-order valence-corrected chi connectivity index (χ4v) is 9.18. The minimum Gasteiger partial charge on any atom is -0.402 e. The smallest absolute Gasteiger partial charge is 0.252 e. The Balaban J connectivity index is 0.00000616. The lowest BCUT2D eigenvalue weighted by Crippen LogP contribution is -2.55. The highest BCUT2D eigenvalue weighted by atomic mass is 19.1. The highest BCUT2D eigenvalue weighted by Crippen LogP contribution is 2.30. The van der Waals surface area contributed by atoms with Crippen LogP contribution in [0.5, 0.6) is 0 Å². The summed E-state index contributed by atoms with van der Waals surface area (Å²) in [6.45, 7) is 20.9. The normalized spacial score (nSPS) is 16.7. The molecule has 0 spiro atoms. The summed E-state index contributed by atoms with van der Waals surface area (Å²) in [5, 5.41) is 19.6. The molecule has 1 aromatic carbocycles. The zero-order valence-corrected chi connectivity index (χ0v) is 46.8. The van der Waals surface area contributed by atoms with Crippen molar-refractivity contribution in [2.24, 2.45) is 10.7 Å². The number of nitrogens with two attached hydrogens (primary N) is 1. The van der Waals surface area contributed by atoms with Crippen LogP contribution in [-0.2, 0) is 23.9 Å². The highest BCUT2D eigenvalue weighted by Gasteiger charge is 2.42. The average molecular weight is 1050 g/mol. The first-order chi connectivity index (χ1) is 36.6. The third-order valence-electron chi connectivity index (χ3n) is 13.9. The Morgan fingerprint density at radius 2 is 1.64 bits per heavy atom. The third kappa shape index (κ3) is 20.5. The molecular formula is C59H88FN11O5. The van der Waals surface area contributed by atoms with Crippen LogP contribution in [0.4, 0.5) is 10.1 Å². The lowest BCUT2D eigenvalue weighted by atomic mass is 9.89. The van der Waals surface area contributed by atoms with Crippen molar-refractivity contribution in [1.82, 2.24) is 40.9 Å². The number of hydrogen-bond acceptors (Lipinski definition) is 12. The van der Waals surface area contributed by atoms with Crippen molar-refractivity contribution >= 4 is 35.0 Å². The van der Waals surface area contributed by atoms with E-state index in [9.17, 15) is 23.6 Å². The molecule has 17 heteroatoms. The number of imide groups is 1. The molecular weight excluding hydrogens is 962 g/mol. The van der Waals surface area contributed by atoms with E-state index in [1.54, 1.807) is 19.4 Å². The Labute approximate surface area is 452 Å². The van der Waals surface area contributed by atoms with Gasteiger partial charge in [-0.15, -0.1) is 0 Å². The van der Waals surface area contributed by atoms with Crippen LogP contribution in [0.25, 0.3) is 5.82 Å². The molecule has 0 aliphatic carbocycles. The van der Waals surface area contributed by atoms with Gasteiger partial charge in [0.05, 0.1) is 24.4 Å². The van der Waals surface area contributed by atoms with Crippen molar-refractivity contribution in [2.45, 2.75) is 175 Å². The van der Waals surface area contributed by atoms with E-state index in [1.165, 1.54) is 35.7 Å². The summed E-state index contributed by atoms with van der Waals surface area (Å²) in [5.74, 6) is -0.206. The second kappa shape index (κ2) is 32.7. The maximum atomic E-state index is 13.8. The number of aliphatic imine (C=N–C) groups is 1. The van der Waals surface area contributed by atoms with E-state index < -0.39 is 11.4 Å². The number of carbonyl (C=O) groups is 4. The van der Waals surface area contributed by atoms with E-state index in [0.29, 0.717) is 75.5 Å². The lowest BCUT2D eigenvalue weighted by molar-refractivity contribution is -0.149. The molecule has 3 aromatic rings. The van der Waals surface area contributed by atoms with Gasteiger partial charge in [-0.1, -0.05) is 89.6 Å². The van der Waals surface area contributed by atoms with Gasteiger partial charge < -0.3 is 36.6 Å². The quantitative estimate of drug-likeness (QED) is 0.0160. The fourth-order valence-electron chi connectivity index (χ4n) is 9.18. The number of benzene rings is 1. The molecule has 76 heavy (non-hydrogen) atoms. The molecule has 1 unspecified atom stereocenters. The van der Waals surface area contributed by atoms with Crippen molar-refractivity contribution < 1.29 is 28.3 Å². The number of pyridine rings is 1. The number of likely N-dealkylation sites (tertiary alicyclic amines) is 1. The van der Waals surface area contributed by atoms with Gasteiger partial charge in [-0.05, 0) is 114 Å². The summed E-state index contributed by atoms with van der Waals surface area (Å²) in [5.41, 5.74) is 12.3. The van der Waals surface area contributed by atoms with Gasteiger partial charge in [0.25, 0.3) is 5.91 Å². The number of anilines is 1. The van der Waals surface area contributed by atoms with Crippen LogP contribution in [0.15, 0.2) is 107 Å². The zero-order valence-electron chi connectivity index (χ0n) is 46.8. The van der Waals surface area contributed by atoms with E-state index in [0.717, 1.165) is 98.0 Å². The van der Waals surface area contributed by atoms with E-state index >= 15 is 0 Å². The number of nitrogens with zero attached hydrogens (tertiary/aromatic N) is 5. The molecule has 2 aliphatic rings. The van der Waals surface area contributed by atoms with Gasteiger partial charge in [-0.3, -0.25) is 24.5 Å². The van der Waals surface area contributed by atoms with Crippen molar-refractivity contribution in [1.29, 1.82) is 0 Å². The number of unbranched alkanes of at least 4 members (excludes halogenated alkanes) is 8. The first kappa shape index (κ1) is 61.9. The van der Waals surface area contributed by atoms with Gasteiger partial charge in [-0.2, -0.15) is 5.10 Å². The van der Waals surface area contributed by atoms with Gasteiger partial charge in [0.1, 0.15) is 11.4 Å². The number of rotatable bonds is 30. The Morgan fingerprint density at radius 1 is 0.961 bits per heavy atom. The highest BCUT2D eigenvalue weighted by molar-refractivity contribution is 6.01. The van der Waals surface area contributed by atoms with Crippen LogP contribution in [0.2, 0.25) is 0 Å². The fraction of sp³-hybridized carbons (Fsp3) is 0.542. The molecule has 2 atom stereocenters. The molecule has 2 fully saturated rings. The number of methoxy groups -OCH3 is 1. The van der Waals surface area contributed by atoms with E-state index in [2.05, 4.69) is 62.0 Å². The Kier molecular flexibility index (Phi) is 26.7. The first-order valence-corrected chi connectivity index (χ1v) is 27.7. The number of nitrogens with one attached hydrogen (secondary N) is 5. The van der Waals surface area contributed by atoms with Gasteiger partial charge in [-0.25, -0.2) is 19.0 Å². The third-order valence-corrected chi connectivity index (χ3v) is 13.9. The Hall–Kier alpha value is -6.62. The standard InChI is InChI=1S/C57H82FN11O5.C2H6/c1-8-40(2)51(34-41(3)59)64-42(4)35-49(66-44(6)68-32-28-57(74-7,29-33-68)56(73)65-43(5)46-24-26-52(62-37-46)69-39-47(58)38-63-69)21-15-16-23-53(70)61-31-18-14-12-10-9-11-13-17-30-60-48-22-19-20-45(36-48)50-25-27-54(71)67-55(50)72;1-2/h19-20,22,24,26,34-39,43,50,60,64H,6,8-18,21,23,25,27-33,59H2,1-5,7H3,(H,61,70)(H,65,73)(H,67,71,72);1-2H3/b41-34-,42-35+,51-40-,66-49-;/t43-,50?;/m0./s1. The largest absolute Gasteiger partial charge is 0.402 e. The molecule has 16 nitrogen and oxygen atoms in total. The summed E-state index contributed by atoms with van der Waals surface area (Å²) < 4.78 is 20.8. The molecule has 0 radical (unpaired) electrons. The van der Waals surface area contributed by atoms with Gasteiger partial charge in [0, 0.05) is 93.7 Å². The van der Waals surface area contributed by atoms with Crippen LogP contribution in [0.1, 0.15) is 181 Å². The minimum absolute atomic E-state index is 0.0671. The van der Waals surface area contributed by atoms with Crippen LogP contribution in [0.3, 0.4) is 0 Å². The molecule has 4 amide bonds. The summed E-state index contributed by atoms with van der Waals surface area (Å²) >= 11 is 0. The van der Waals surface area contributed by atoms with Gasteiger partial charge in [0.15, 0.2) is 11.6 Å². The van der Waals surface area contributed by atoms with E-state index in [-0.39, 0.29) is 35.6 Å². The molecule has 2 saturated heterocycles. The lowest BCUT2D eigenvalue weighted by Gasteiger charge is -2.40. The van der Waals surface area contributed by atoms with E-state index in [4.69, 9.17) is 15.5 Å². The summed E-state index contributed by atoms with van der Waals surface area (Å²) in [4.78, 5) is 62.0. The molecule has 5 rings (SSSR count). The summed E-state index contributed by atoms with van der Waals surface area (Å²) in [6, 6.07) is 11.2. The molecule has 2 aromatic heterocycles. The van der Waals surface area contributed by atoms with Crippen molar-refractivity contribution in [3.05, 3.63) is 119 Å². The van der Waals surface area contributed by atoms with E-state index in [1.807, 2.05) is 77.1 Å². The monoisotopic (exact) mass is 1050 g/mol. The number of piperidine rings is 2. The topological polar surface area (TPSA) is 210 Å². The Bertz CT molecular complexity index is 2470. The first-order valence-electron chi connectivity index (χ1n) is 27.7. The summed E-state index contributed by atoms with van der Waals surface area (Å²) in [6.07, 6.45) is 22.2. The number of aromatic nitrogens is 3. The SMILES string of the molecule is C=C(/N=C(\C=C(/C)NC(/C=C(/C)N)=C(/C)CC)CCCCC(=O)NCCCCCCCCCCNc1cccc(C2CCC(=O)NC2=O)c1)N1CCC(OC)(C(=O)N[C@@H](C)c2ccc(-n3cc(F)cn3)nc2)CC1.CC. The Morgan fingerprint density at radius 3 is 2.26 bits per heavy atom. The average Bonchev–Trinajstić information content (AvgIpc) is 3.86. The van der Waals surface area contributed by atoms with Gasteiger partial charge in [0.2, 0.25) is 17.7 Å². The van der Waals surface area contributed by atoms with Crippen LogP contribution >= 0.6 is 0 Å². The van der Waals surface area contributed by atoms with Gasteiger partial charge >= 0.3 is 0 Å². The number of amides is 4.